The molecule has 0 radical (unpaired) electrons. The van der Waals surface area contributed by atoms with E-state index in [0.29, 0.717) is 0 Å². The maximum absolute atomic E-state index is 13.3. The van der Waals surface area contributed by atoms with E-state index in [9.17, 15) is 186 Å². The topological polar surface area (TPSA) is 220 Å². The van der Waals surface area contributed by atoms with Gasteiger partial charge in [-0.15, -0.1) is 0 Å². The summed E-state index contributed by atoms with van der Waals surface area (Å²) in [5.41, 5.74) is 0. The van der Waals surface area contributed by atoms with E-state index >= 15 is 0 Å². The van der Waals surface area contributed by atoms with Crippen molar-refractivity contribution in [1.29, 1.82) is 0 Å². The van der Waals surface area contributed by atoms with Crippen LogP contribution in [0.3, 0.4) is 0 Å². The first-order valence-electron chi connectivity index (χ1n) is 17.2. The van der Waals surface area contributed by atoms with Crippen LogP contribution in [0.4, 0.5) is 140 Å². The van der Waals surface area contributed by atoms with Gasteiger partial charge in [-0.3, -0.25) is 19.2 Å². The minimum absolute atomic E-state index is 0. The molecule has 0 aliphatic carbocycles. The van der Waals surface area contributed by atoms with Gasteiger partial charge in [-0.05, 0) is 0 Å². The SMILES string of the molecule is O=C(CC(C(=O)OCC(F)(F)C(F)(F)C(F)(F)C(F)F)S(=O)(=O)[O-])OCC(F)(F)C(F)(F)C(F)(F)C(F)F.O=C(CC(C(=O)OCC(F)(F)C(F)(F)C(F)(F)C(F)F)S(=O)(=O)[O-])OCC(F)(F)C(F)(F)C(F)(F)C(F)F.[Na+].[Na+]. The minimum atomic E-state index is -7.00. The molecule has 0 aromatic carbocycles. The van der Waals surface area contributed by atoms with E-state index in [1.54, 1.807) is 0 Å². The van der Waals surface area contributed by atoms with Gasteiger partial charge in [0, 0.05) is 0 Å². The molecule has 0 N–H and O–H groups in total. The van der Waals surface area contributed by atoms with Gasteiger partial charge in [0.25, 0.3) is 0 Å². The first-order chi connectivity index (χ1) is 33.0. The summed E-state index contributed by atoms with van der Waals surface area (Å²) in [6.07, 6.45) is -26.7. The molecule has 0 saturated heterocycles. The predicted molar refractivity (Wildman–Crippen MR) is 163 cm³/mol. The summed E-state index contributed by atoms with van der Waals surface area (Å²) in [7, 11) is -12.8. The molecular weight excluding hydrogens is 1280 g/mol. The average molecular weight is 1300 g/mol. The molecule has 2 atom stereocenters. The summed E-state index contributed by atoms with van der Waals surface area (Å²) in [6, 6.07) is 0. The second kappa shape index (κ2) is 27.2. The van der Waals surface area contributed by atoms with Gasteiger partial charge in [-0.25, -0.2) is 52.0 Å². The number of carbonyl (C=O) groups is 4. The standard InChI is InChI=1S/2C14H10F16O7S.2Na/c2*15-7(16)11(23,24)13(27,28)9(19,20)2-36-5(31)1-4(38(33,34)35)6(32)37-3-10(21,22)14(29,30)12(25,26)8(17)18;;/h2*4,7-8H,1-3H2,(H,33,34,35);;/q;;2*+1/p-2. The van der Waals surface area contributed by atoms with Crippen LogP contribution in [-0.4, -0.2) is 184 Å². The molecule has 0 aromatic heterocycles. The molecule has 50 heteroatoms. The Morgan fingerprint density at radius 2 is 0.487 bits per heavy atom. The predicted octanol–water partition coefficient (Wildman–Crippen LogP) is 1.45. The van der Waals surface area contributed by atoms with Crippen LogP contribution in [0.25, 0.3) is 0 Å². The Morgan fingerprint density at radius 1 is 0.333 bits per heavy atom. The molecule has 0 rings (SSSR count). The fraction of sp³-hybridized carbons (Fsp3) is 0.857. The molecule has 452 valence electrons. The van der Waals surface area contributed by atoms with Gasteiger partial charge in [0.2, 0.25) is 0 Å². The zero-order valence-electron chi connectivity index (χ0n) is 36.3. The number of ether oxygens (including phenoxy) is 4. The van der Waals surface area contributed by atoms with Gasteiger partial charge in [0.1, 0.15) is 20.2 Å². The monoisotopic (exact) mass is 1300 g/mol. The normalized spacial score (nSPS) is 15.2. The van der Waals surface area contributed by atoms with E-state index in [-0.39, 0.29) is 59.1 Å². The molecule has 0 bridgehead atoms. The quantitative estimate of drug-likeness (QED) is 0.0356. The number of alkyl halides is 32. The number of carbonyl (C=O) groups excluding carboxylic acids is 4. The van der Waals surface area contributed by atoms with Crippen molar-refractivity contribution in [2.75, 3.05) is 26.4 Å². The fourth-order valence-electron chi connectivity index (χ4n) is 3.76. The summed E-state index contributed by atoms with van der Waals surface area (Å²) in [5.74, 6) is -92.0. The van der Waals surface area contributed by atoms with E-state index in [2.05, 4.69) is 18.9 Å². The molecule has 0 heterocycles. The van der Waals surface area contributed by atoms with Crippen molar-refractivity contribution in [3.63, 3.8) is 0 Å². The maximum atomic E-state index is 13.3. The Bertz CT molecular complexity index is 2100. The van der Waals surface area contributed by atoms with Gasteiger partial charge in [0.05, 0.1) is 12.8 Å². The fourth-order valence-corrected chi connectivity index (χ4v) is 5.05. The number of halogens is 32. The summed E-state index contributed by atoms with van der Waals surface area (Å²) >= 11 is 0. The maximum Gasteiger partial charge on any atom is 1.00 e. The first-order valence-corrected chi connectivity index (χ1v) is 20.2. The Kier molecular flexibility index (Phi) is 28.6. The minimum Gasteiger partial charge on any atom is -0.747 e. The largest absolute Gasteiger partial charge is 1.00 e. The Hall–Kier alpha value is -2.54. The van der Waals surface area contributed by atoms with Gasteiger partial charge in [0.15, 0.2) is 36.9 Å². The van der Waals surface area contributed by atoms with Crippen molar-refractivity contribution >= 4 is 44.1 Å². The second-order valence-electron chi connectivity index (χ2n) is 13.7. The van der Waals surface area contributed by atoms with E-state index < -0.39 is 191 Å². The van der Waals surface area contributed by atoms with Crippen molar-refractivity contribution in [2.24, 2.45) is 0 Å². The zero-order valence-corrected chi connectivity index (χ0v) is 42.0. The van der Waals surface area contributed by atoms with Crippen LogP contribution in [0.1, 0.15) is 12.8 Å². The summed E-state index contributed by atoms with van der Waals surface area (Å²) in [6.45, 7) is -13.2. The Balaban J connectivity index is -0.000000684. The van der Waals surface area contributed by atoms with Gasteiger partial charge >= 0.3 is 180 Å². The number of hydrogen-bond acceptors (Lipinski definition) is 14. The summed E-state index contributed by atoms with van der Waals surface area (Å²) in [4.78, 5) is 45.6. The van der Waals surface area contributed by atoms with E-state index in [4.69, 9.17) is 0 Å². The smallest absolute Gasteiger partial charge is 0.747 e. The summed E-state index contributed by atoms with van der Waals surface area (Å²) < 4.78 is 487. The molecule has 2 unspecified atom stereocenters. The van der Waals surface area contributed by atoms with Gasteiger partial charge in [-0.2, -0.15) is 105 Å². The molecule has 78 heavy (non-hydrogen) atoms. The molecule has 0 aliphatic rings. The van der Waals surface area contributed by atoms with Crippen LogP contribution >= 0.6 is 0 Å². The zero-order chi connectivity index (χ0) is 61.8. The van der Waals surface area contributed by atoms with Crippen LogP contribution in [0.15, 0.2) is 0 Å². The molecule has 0 saturated carbocycles. The molecular formula is C28H18F32Na2O14S2. The second-order valence-corrected chi connectivity index (χ2v) is 16.8. The Morgan fingerprint density at radius 3 is 0.628 bits per heavy atom. The molecule has 0 amide bonds. The Labute approximate surface area is 452 Å². The first kappa shape index (κ1) is 81.9. The van der Waals surface area contributed by atoms with Crippen LogP contribution in [0, 0.1) is 0 Å². The molecule has 14 nitrogen and oxygen atoms in total. The number of esters is 4. The van der Waals surface area contributed by atoms with E-state index in [1.807, 2.05) is 0 Å². The van der Waals surface area contributed by atoms with Gasteiger partial charge in [-0.1, -0.05) is 0 Å². The van der Waals surface area contributed by atoms with E-state index in [0.717, 1.165) is 0 Å². The third kappa shape index (κ3) is 18.2. The van der Waals surface area contributed by atoms with Crippen LogP contribution < -0.4 is 59.1 Å². The van der Waals surface area contributed by atoms with Crippen LogP contribution in [0.2, 0.25) is 0 Å². The molecule has 0 fully saturated rings. The third-order valence-electron chi connectivity index (χ3n) is 8.16. The number of rotatable bonds is 28. The van der Waals surface area contributed by atoms with Crippen LogP contribution in [-0.2, 0) is 58.4 Å². The van der Waals surface area contributed by atoms with Crippen molar-refractivity contribution < 1.29 is 264 Å². The van der Waals surface area contributed by atoms with E-state index in [1.165, 1.54) is 0 Å². The van der Waals surface area contributed by atoms with Crippen LogP contribution in [0.5, 0.6) is 0 Å². The molecule has 0 aromatic rings. The van der Waals surface area contributed by atoms with Crippen molar-refractivity contribution in [3.05, 3.63) is 0 Å². The average Bonchev–Trinajstić information content (AvgIpc) is 3.22. The van der Waals surface area contributed by atoms with Crippen molar-refractivity contribution in [3.8, 4) is 0 Å². The number of hydrogen-bond donors (Lipinski definition) is 0. The van der Waals surface area contributed by atoms with Crippen molar-refractivity contribution in [1.82, 2.24) is 0 Å². The van der Waals surface area contributed by atoms with Gasteiger partial charge < -0.3 is 28.1 Å². The third-order valence-corrected chi connectivity index (χ3v) is 10.3. The van der Waals surface area contributed by atoms with Crippen molar-refractivity contribution in [2.45, 2.75) is 120 Å². The molecule has 0 spiro atoms. The summed E-state index contributed by atoms with van der Waals surface area (Å²) in [5, 5.41) is -7.54. The molecule has 0 aliphatic heterocycles.